The van der Waals surface area contributed by atoms with Crippen molar-refractivity contribution < 1.29 is 28.6 Å². The third kappa shape index (κ3) is 5.98. The second kappa shape index (κ2) is 11.6. The first-order valence-electron chi connectivity index (χ1n) is 11.6. The monoisotopic (exact) mass is 504 g/mol. The number of rotatable bonds is 9. The molecule has 1 atom stereocenters. The highest BCUT2D eigenvalue weighted by molar-refractivity contribution is 7.98. The highest BCUT2D eigenvalue weighted by Crippen LogP contribution is 2.29. The van der Waals surface area contributed by atoms with E-state index < -0.39 is 29.5 Å². The standard InChI is InChI=1S/C25H32N2O7S/c1-14-17-5-6-20(33-3)15(2)22(17)34-25(32)18(14)13-21(28)26-19(9-12-35-4)23(29)27-10-7-16(8-11-27)24(30)31/h5-6,16,19H,7-13H2,1-4H3,(H,26,28)(H,30,31)/t19-/m0/s1. The van der Waals surface area contributed by atoms with Gasteiger partial charge in [0.15, 0.2) is 0 Å². The van der Waals surface area contributed by atoms with Crippen LogP contribution in [0.3, 0.4) is 0 Å². The molecule has 2 heterocycles. The second-order valence-electron chi connectivity index (χ2n) is 8.78. The molecular formula is C25H32N2O7S. The van der Waals surface area contributed by atoms with Crippen molar-refractivity contribution in [1.29, 1.82) is 0 Å². The minimum atomic E-state index is -0.845. The van der Waals surface area contributed by atoms with Gasteiger partial charge in [-0.05, 0) is 62.8 Å². The first kappa shape index (κ1) is 26.6. The van der Waals surface area contributed by atoms with Gasteiger partial charge in [-0.2, -0.15) is 11.8 Å². The fourth-order valence-corrected chi connectivity index (χ4v) is 4.93. The number of carboxylic acid groups (broad SMARTS) is 1. The number of carbonyl (C=O) groups is 3. The van der Waals surface area contributed by atoms with Gasteiger partial charge in [0, 0.05) is 24.0 Å². The Morgan fingerprint density at radius 2 is 1.91 bits per heavy atom. The summed E-state index contributed by atoms with van der Waals surface area (Å²) in [6, 6.07) is 2.85. The van der Waals surface area contributed by atoms with E-state index in [4.69, 9.17) is 9.15 Å². The quantitative estimate of drug-likeness (QED) is 0.499. The van der Waals surface area contributed by atoms with Gasteiger partial charge in [-0.1, -0.05) is 0 Å². The Morgan fingerprint density at radius 3 is 2.51 bits per heavy atom. The average Bonchev–Trinajstić information content (AvgIpc) is 2.84. The molecule has 35 heavy (non-hydrogen) atoms. The number of hydrogen-bond acceptors (Lipinski definition) is 7. The Labute approximate surface area is 208 Å². The molecule has 1 aromatic carbocycles. The van der Waals surface area contributed by atoms with Gasteiger partial charge in [-0.25, -0.2) is 4.79 Å². The average molecular weight is 505 g/mol. The van der Waals surface area contributed by atoms with Crippen LogP contribution in [0.4, 0.5) is 0 Å². The van der Waals surface area contributed by atoms with E-state index in [9.17, 15) is 24.3 Å². The number of thioether (sulfide) groups is 1. The summed E-state index contributed by atoms with van der Waals surface area (Å²) < 4.78 is 10.8. The largest absolute Gasteiger partial charge is 0.496 e. The summed E-state index contributed by atoms with van der Waals surface area (Å²) >= 11 is 1.56. The fraction of sp³-hybridized carbons (Fsp3) is 0.520. The highest BCUT2D eigenvalue weighted by Gasteiger charge is 2.31. The third-order valence-corrected chi connectivity index (χ3v) is 7.26. The third-order valence-electron chi connectivity index (χ3n) is 6.61. The molecule has 3 rings (SSSR count). The predicted molar refractivity (Wildman–Crippen MR) is 134 cm³/mol. The molecule has 0 saturated carbocycles. The highest BCUT2D eigenvalue weighted by atomic mass is 32.2. The van der Waals surface area contributed by atoms with Gasteiger partial charge in [-0.3, -0.25) is 14.4 Å². The molecule has 2 amide bonds. The number of aryl methyl sites for hydroxylation is 2. The van der Waals surface area contributed by atoms with Crippen molar-refractivity contribution in [1.82, 2.24) is 10.2 Å². The van der Waals surface area contributed by atoms with Crippen LogP contribution in [-0.2, 0) is 20.8 Å². The van der Waals surface area contributed by atoms with Crippen LogP contribution in [0.5, 0.6) is 5.75 Å². The Bertz CT molecular complexity index is 1170. The minimum absolute atomic E-state index is 0.209. The van der Waals surface area contributed by atoms with E-state index in [2.05, 4.69) is 5.32 Å². The van der Waals surface area contributed by atoms with Gasteiger partial charge in [0.1, 0.15) is 17.4 Å². The number of likely N-dealkylation sites (tertiary alicyclic amines) is 1. The van der Waals surface area contributed by atoms with E-state index >= 15 is 0 Å². The maximum atomic E-state index is 13.1. The van der Waals surface area contributed by atoms with Crippen LogP contribution in [0.1, 0.15) is 36.0 Å². The molecule has 1 saturated heterocycles. The number of nitrogens with zero attached hydrogens (tertiary/aromatic N) is 1. The van der Waals surface area contributed by atoms with Gasteiger partial charge in [0.2, 0.25) is 11.8 Å². The topological polar surface area (TPSA) is 126 Å². The maximum Gasteiger partial charge on any atom is 0.340 e. The lowest BCUT2D eigenvalue weighted by molar-refractivity contribution is -0.146. The number of hydrogen-bond donors (Lipinski definition) is 2. The molecule has 1 aromatic heterocycles. The van der Waals surface area contributed by atoms with Crippen molar-refractivity contribution in [3.05, 3.63) is 39.2 Å². The summed E-state index contributed by atoms with van der Waals surface area (Å²) in [5.41, 5.74) is 1.44. The number of benzene rings is 1. The number of piperidine rings is 1. The van der Waals surface area contributed by atoms with Gasteiger partial charge < -0.3 is 24.5 Å². The predicted octanol–water partition coefficient (Wildman–Crippen LogP) is 2.52. The number of nitrogens with one attached hydrogen (secondary N) is 1. The Balaban J connectivity index is 1.77. The van der Waals surface area contributed by atoms with Crippen LogP contribution in [0.2, 0.25) is 0 Å². The molecule has 190 valence electrons. The SMILES string of the molecule is COc1ccc2c(C)c(CC(=O)N[C@@H](CCSC)C(=O)N3CCC(C(=O)O)CC3)c(=O)oc2c1C. The lowest BCUT2D eigenvalue weighted by Crippen LogP contribution is -2.51. The van der Waals surface area contributed by atoms with E-state index in [1.165, 1.54) is 0 Å². The molecule has 1 aliphatic heterocycles. The van der Waals surface area contributed by atoms with Crippen molar-refractivity contribution >= 4 is 40.5 Å². The van der Waals surface area contributed by atoms with Crippen LogP contribution in [0.25, 0.3) is 11.0 Å². The Morgan fingerprint density at radius 1 is 1.23 bits per heavy atom. The van der Waals surface area contributed by atoms with E-state index in [-0.39, 0.29) is 17.9 Å². The van der Waals surface area contributed by atoms with Crippen LogP contribution in [-0.4, -0.2) is 66.0 Å². The molecule has 1 aliphatic rings. The zero-order valence-electron chi connectivity index (χ0n) is 20.5. The molecule has 0 spiro atoms. The molecule has 0 aliphatic carbocycles. The number of aliphatic carboxylic acids is 1. The molecule has 9 nitrogen and oxygen atoms in total. The summed E-state index contributed by atoms with van der Waals surface area (Å²) in [6.45, 7) is 4.27. The maximum absolute atomic E-state index is 13.1. The zero-order valence-corrected chi connectivity index (χ0v) is 21.3. The van der Waals surface area contributed by atoms with Crippen LogP contribution in [0, 0.1) is 19.8 Å². The van der Waals surface area contributed by atoms with Crippen molar-refractivity contribution in [2.24, 2.45) is 5.92 Å². The van der Waals surface area contributed by atoms with Crippen molar-refractivity contribution in [3.63, 3.8) is 0 Å². The Kier molecular flexibility index (Phi) is 8.82. The van der Waals surface area contributed by atoms with Gasteiger partial charge >= 0.3 is 11.6 Å². The molecule has 0 bridgehead atoms. The molecule has 1 fully saturated rings. The lowest BCUT2D eigenvalue weighted by atomic mass is 9.96. The fourth-order valence-electron chi connectivity index (χ4n) is 4.46. The second-order valence-corrected chi connectivity index (χ2v) is 9.76. The van der Waals surface area contributed by atoms with E-state index in [1.54, 1.807) is 49.8 Å². The lowest BCUT2D eigenvalue weighted by Gasteiger charge is -2.33. The van der Waals surface area contributed by atoms with Crippen molar-refractivity contribution in [2.45, 2.75) is 45.6 Å². The first-order chi connectivity index (χ1) is 16.7. The summed E-state index contributed by atoms with van der Waals surface area (Å²) in [6.07, 6.45) is 2.94. The van der Waals surface area contributed by atoms with E-state index in [0.29, 0.717) is 60.6 Å². The van der Waals surface area contributed by atoms with Crippen LogP contribution >= 0.6 is 11.8 Å². The molecule has 0 unspecified atom stereocenters. The number of methoxy groups -OCH3 is 1. The molecule has 10 heteroatoms. The van der Waals surface area contributed by atoms with Crippen molar-refractivity contribution in [3.8, 4) is 5.75 Å². The summed E-state index contributed by atoms with van der Waals surface area (Å²) in [4.78, 5) is 51.7. The summed E-state index contributed by atoms with van der Waals surface area (Å²) in [7, 11) is 1.54. The molecular weight excluding hydrogens is 472 g/mol. The van der Waals surface area contributed by atoms with Crippen LogP contribution in [0.15, 0.2) is 21.3 Å². The normalized spacial score (nSPS) is 15.1. The van der Waals surface area contributed by atoms with Gasteiger partial charge in [0.25, 0.3) is 0 Å². The Hall–Kier alpha value is -3.01. The van der Waals surface area contributed by atoms with E-state index in [0.717, 1.165) is 5.39 Å². The summed E-state index contributed by atoms with van der Waals surface area (Å²) in [5, 5.41) is 12.7. The minimum Gasteiger partial charge on any atom is -0.496 e. The number of fused-ring (bicyclic) bond motifs is 1. The van der Waals surface area contributed by atoms with Gasteiger partial charge in [0.05, 0.1) is 25.0 Å². The number of amides is 2. The van der Waals surface area contributed by atoms with E-state index in [1.807, 2.05) is 6.26 Å². The molecule has 2 aromatic rings. The molecule has 0 radical (unpaired) electrons. The van der Waals surface area contributed by atoms with Crippen LogP contribution < -0.4 is 15.7 Å². The van der Waals surface area contributed by atoms with Gasteiger partial charge in [-0.15, -0.1) is 0 Å². The zero-order chi connectivity index (χ0) is 25.7. The first-order valence-corrected chi connectivity index (χ1v) is 13.0. The summed E-state index contributed by atoms with van der Waals surface area (Å²) in [5.74, 6) is -0.681. The molecule has 2 N–H and O–H groups in total. The van der Waals surface area contributed by atoms with Crippen molar-refractivity contribution in [2.75, 3.05) is 32.2 Å². The smallest absolute Gasteiger partial charge is 0.340 e. The number of carbonyl (C=O) groups excluding carboxylic acids is 2. The number of ether oxygens (including phenoxy) is 1. The number of carboxylic acids is 1.